The molecule has 0 aromatic carbocycles. The SMILES string of the molecule is CCCCCCCCCCCN(CCCCCCCCCCC)C(=O)CC. The van der Waals surface area contributed by atoms with Crippen molar-refractivity contribution in [1.82, 2.24) is 4.90 Å². The van der Waals surface area contributed by atoms with E-state index in [1.165, 1.54) is 116 Å². The lowest BCUT2D eigenvalue weighted by Crippen LogP contribution is -2.32. The molecule has 0 radical (unpaired) electrons. The van der Waals surface area contributed by atoms with Gasteiger partial charge in [-0.1, -0.05) is 124 Å². The quantitative estimate of drug-likeness (QED) is 0.183. The molecule has 0 spiro atoms. The highest BCUT2D eigenvalue weighted by molar-refractivity contribution is 5.75. The smallest absolute Gasteiger partial charge is 0.222 e. The van der Waals surface area contributed by atoms with Gasteiger partial charge in [-0.3, -0.25) is 4.79 Å². The normalized spacial score (nSPS) is 11.1. The van der Waals surface area contributed by atoms with E-state index >= 15 is 0 Å². The maximum Gasteiger partial charge on any atom is 0.222 e. The zero-order valence-electron chi connectivity index (χ0n) is 19.2. The lowest BCUT2D eigenvalue weighted by Gasteiger charge is -2.22. The van der Waals surface area contributed by atoms with Gasteiger partial charge in [0, 0.05) is 19.5 Å². The first-order valence-corrected chi connectivity index (χ1v) is 12.5. The van der Waals surface area contributed by atoms with Gasteiger partial charge in [0.15, 0.2) is 0 Å². The van der Waals surface area contributed by atoms with Gasteiger partial charge in [-0.15, -0.1) is 0 Å². The number of carbonyl (C=O) groups excluding carboxylic acids is 1. The van der Waals surface area contributed by atoms with Crippen LogP contribution < -0.4 is 0 Å². The summed E-state index contributed by atoms with van der Waals surface area (Å²) in [6, 6.07) is 0. The molecule has 0 aromatic rings. The molecule has 0 aromatic heterocycles. The average Bonchev–Trinajstić information content (AvgIpc) is 2.69. The maximum atomic E-state index is 12.2. The van der Waals surface area contributed by atoms with E-state index in [4.69, 9.17) is 0 Å². The molecular weight excluding hydrogens is 330 g/mol. The molecule has 2 heteroatoms. The fraction of sp³-hybridized carbons (Fsp3) is 0.960. The van der Waals surface area contributed by atoms with Gasteiger partial charge in [0.05, 0.1) is 0 Å². The first-order chi connectivity index (χ1) is 13.3. The van der Waals surface area contributed by atoms with E-state index in [9.17, 15) is 4.79 Å². The molecule has 0 aliphatic heterocycles. The Morgan fingerprint density at radius 2 is 0.778 bits per heavy atom. The van der Waals surface area contributed by atoms with Crippen LogP contribution >= 0.6 is 0 Å². The summed E-state index contributed by atoms with van der Waals surface area (Å²) in [5.41, 5.74) is 0. The van der Waals surface area contributed by atoms with Gasteiger partial charge in [0.25, 0.3) is 0 Å². The highest BCUT2D eigenvalue weighted by atomic mass is 16.2. The van der Waals surface area contributed by atoms with E-state index in [0.29, 0.717) is 12.3 Å². The predicted octanol–water partition coefficient (Wildman–Crippen LogP) is 8.29. The van der Waals surface area contributed by atoms with Crippen molar-refractivity contribution in [1.29, 1.82) is 0 Å². The van der Waals surface area contributed by atoms with Crippen LogP contribution in [-0.2, 0) is 4.79 Å². The Bertz CT molecular complexity index is 281. The van der Waals surface area contributed by atoms with Gasteiger partial charge in [-0.05, 0) is 12.8 Å². The highest BCUT2D eigenvalue weighted by Gasteiger charge is 2.10. The van der Waals surface area contributed by atoms with Crippen LogP contribution in [0.2, 0.25) is 0 Å². The van der Waals surface area contributed by atoms with Crippen molar-refractivity contribution in [2.24, 2.45) is 0 Å². The Labute approximate surface area is 171 Å². The Morgan fingerprint density at radius 1 is 0.481 bits per heavy atom. The molecular formula is C25H51NO. The molecule has 0 saturated carbocycles. The zero-order chi connectivity index (χ0) is 20.0. The van der Waals surface area contributed by atoms with Crippen LogP contribution in [0.1, 0.15) is 143 Å². The molecule has 0 fully saturated rings. The largest absolute Gasteiger partial charge is 0.343 e. The molecule has 27 heavy (non-hydrogen) atoms. The Kier molecular flexibility index (Phi) is 21.3. The first kappa shape index (κ1) is 26.5. The van der Waals surface area contributed by atoms with Gasteiger partial charge in [0.1, 0.15) is 0 Å². The van der Waals surface area contributed by atoms with Crippen molar-refractivity contribution in [3.63, 3.8) is 0 Å². The highest BCUT2D eigenvalue weighted by Crippen LogP contribution is 2.12. The minimum absolute atomic E-state index is 0.356. The predicted molar refractivity (Wildman–Crippen MR) is 121 cm³/mol. The second kappa shape index (κ2) is 21.8. The van der Waals surface area contributed by atoms with Gasteiger partial charge in [-0.25, -0.2) is 0 Å². The van der Waals surface area contributed by atoms with E-state index < -0.39 is 0 Å². The molecule has 1 amide bonds. The monoisotopic (exact) mass is 381 g/mol. The Hall–Kier alpha value is -0.530. The number of rotatable bonds is 21. The number of hydrogen-bond acceptors (Lipinski definition) is 1. The Balaban J connectivity index is 3.61. The standard InChI is InChI=1S/C25H51NO/c1-4-7-9-11-13-15-17-19-21-23-26(25(27)6-3)24-22-20-18-16-14-12-10-8-5-2/h4-24H2,1-3H3. The lowest BCUT2D eigenvalue weighted by molar-refractivity contribution is -0.131. The van der Waals surface area contributed by atoms with Gasteiger partial charge >= 0.3 is 0 Å². The topological polar surface area (TPSA) is 20.3 Å². The molecule has 0 atom stereocenters. The van der Waals surface area contributed by atoms with Crippen LogP contribution in [0.4, 0.5) is 0 Å². The summed E-state index contributed by atoms with van der Waals surface area (Å²) < 4.78 is 0. The maximum absolute atomic E-state index is 12.2. The summed E-state index contributed by atoms with van der Waals surface area (Å²) in [4.78, 5) is 14.3. The minimum atomic E-state index is 0.356. The van der Waals surface area contributed by atoms with E-state index in [-0.39, 0.29) is 0 Å². The van der Waals surface area contributed by atoms with Crippen LogP contribution in [-0.4, -0.2) is 23.9 Å². The average molecular weight is 382 g/mol. The van der Waals surface area contributed by atoms with E-state index in [1.807, 2.05) is 6.92 Å². The van der Waals surface area contributed by atoms with Gasteiger partial charge in [0.2, 0.25) is 5.91 Å². The van der Waals surface area contributed by atoms with E-state index in [0.717, 1.165) is 13.1 Å². The van der Waals surface area contributed by atoms with Crippen molar-refractivity contribution in [3.05, 3.63) is 0 Å². The van der Waals surface area contributed by atoms with Crippen molar-refractivity contribution in [2.75, 3.05) is 13.1 Å². The van der Waals surface area contributed by atoms with Gasteiger partial charge < -0.3 is 4.90 Å². The zero-order valence-corrected chi connectivity index (χ0v) is 19.2. The molecule has 0 bridgehead atoms. The van der Waals surface area contributed by atoms with Crippen LogP contribution in [0.15, 0.2) is 0 Å². The molecule has 2 nitrogen and oxygen atoms in total. The number of hydrogen-bond donors (Lipinski definition) is 0. The van der Waals surface area contributed by atoms with Crippen LogP contribution in [0.25, 0.3) is 0 Å². The summed E-state index contributed by atoms with van der Waals surface area (Å²) in [7, 11) is 0. The summed E-state index contributed by atoms with van der Waals surface area (Å²) >= 11 is 0. The summed E-state index contributed by atoms with van der Waals surface area (Å²) in [6.45, 7) is 8.52. The molecule has 0 unspecified atom stereocenters. The number of carbonyl (C=O) groups is 1. The third-order valence-corrected chi connectivity index (χ3v) is 5.72. The Morgan fingerprint density at radius 3 is 1.07 bits per heavy atom. The minimum Gasteiger partial charge on any atom is -0.343 e. The van der Waals surface area contributed by atoms with E-state index in [2.05, 4.69) is 18.7 Å². The molecule has 0 heterocycles. The van der Waals surface area contributed by atoms with Crippen molar-refractivity contribution in [3.8, 4) is 0 Å². The lowest BCUT2D eigenvalue weighted by atomic mass is 10.1. The number of unbranched alkanes of at least 4 members (excludes halogenated alkanes) is 16. The number of amides is 1. The summed E-state index contributed by atoms with van der Waals surface area (Å²) in [5.74, 6) is 0.356. The molecule has 162 valence electrons. The van der Waals surface area contributed by atoms with Crippen molar-refractivity contribution >= 4 is 5.91 Å². The summed E-state index contributed by atoms with van der Waals surface area (Å²) in [5, 5.41) is 0. The molecule has 0 saturated heterocycles. The molecule has 0 N–H and O–H groups in total. The van der Waals surface area contributed by atoms with Crippen LogP contribution in [0.3, 0.4) is 0 Å². The summed E-state index contributed by atoms with van der Waals surface area (Å²) in [6.07, 6.45) is 25.0. The van der Waals surface area contributed by atoms with E-state index in [1.54, 1.807) is 0 Å². The molecule has 0 rings (SSSR count). The number of nitrogens with zero attached hydrogens (tertiary/aromatic N) is 1. The molecule has 0 aliphatic rings. The first-order valence-electron chi connectivity index (χ1n) is 12.5. The molecule has 0 aliphatic carbocycles. The van der Waals surface area contributed by atoms with Gasteiger partial charge in [-0.2, -0.15) is 0 Å². The van der Waals surface area contributed by atoms with Crippen LogP contribution in [0, 0.1) is 0 Å². The fourth-order valence-corrected chi connectivity index (χ4v) is 3.81. The fourth-order valence-electron chi connectivity index (χ4n) is 3.81. The van der Waals surface area contributed by atoms with Crippen LogP contribution in [0.5, 0.6) is 0 Å². The third-order valence-electron chi connectivity index (χ3n) is 5.72. The second-order valence-electron chi connectivity index (χ2n) is 8.39. The van der Waals surface area contributed by atoms with Crippen molar-refractivity contribution in [2.45, 2.75) is 143 Å². The second-order valence-corrected chi connectivity index (χ2v) is 8.39. The third kappa shape index (κ3) is 18.6. The van der Waals surface area contributed by atoms with Crippen molar-refractivity contribution < 1.29 is 4.79 Å².